The van der Waals surface area contributed by atoms with Crippen LogP contribution in [0, 0.1) is 0 Å². The number of carboxylic acid groups (broad SMARTS) is 1. The summed E-state index contributed by atoms with van der Waals surface area (Å²) in [6.45, 7) is 2.50. The Kier molecular flexibility index (Phi) is 3.80. The van der Waals surface area contributed by atoms with Crippen molar-refractivity contribution in [1.82, 2.24) is 4.90 Å². The third-order valence-corrected chi connectivity index (χ3v) is 3.50. The summed E-state index contributed by atoms with van der Waals surface area (Å²) in [5.41, 5.74) is 0.451. The largest absolute Gasteiger partial charge is 0.548 e. The van der Waals surface area contributed by atoms with Crippen LogP contribution in [0.1, 0.15) is 25.5 Å². The van der Waals surface area contributed by atoms with Gasteiger partial charge in [0.1, 0.15) is 0 Å². The molecular formula is C15H14NO5-. The molecule has 0 saturated carbocycles. The normalized spacial score (nSPS) is 19.8. The van der Waals surface area contributed by atoms with E-state index in [-0.39, 0.29) is 5.57 Å². The van der Waals surface area contributed by atoms with E-state index in [4.69, 9.17) is 0 Å². The van der Waals surface area contributed by atoms with Crippen molar-refractivity contribution in [3.63, 3.8) is 0 Å². The van der Waals surface area contributed by atoms with Gasteiger partial charge in [-0.25, -0.2) is 0 Å². The Bertz CT molecular complexity index is 635. The lowest BCUT2D eigenvalue weighted by Crippen LogP contribution is -2.48. The van der Waals surface area contributed by atoms with Gasteiger partial charge in [-0.2, -0.15) is 0 Å². The molecule has 0 bridgehead atoms. The number of Topliss-reactive ketones (excluding diaryl/α,β-unsaturated/α-hetero) is 1. The molecule has 21 heavy (non-hydrogen) atoms. The maximum absolute atomic E-state index is 12.1. The molecule has 0 spiro atoms. The molecule has 1 aliphatic heterocycles. The molecule has 1 aromatic rings. The molecule has 1 amide bonds. The lowest BCUT2D eigenvalue weighted by Gasteiger charge is -2.32. The lowest BCUT2D eigenvalue weighted by atomic mass is 9.96. The highest BCUT2D eigenvalue weighted by Crippen LogP contribution is 2.38. The Morgan fingerprint density at radius 3 is 2.33 bits per heavy atom. The van der Waals surface area contributed by atoms with Crippen molar-refractivity contribution in [2.75, 3.05) is 0 Å². The first-order valence-corrected chi connectivity index (χ1v) is 6.38. The third kappa shape index (κ3) is 2.40. The van der Waals surface area contributed by atoms with E-state index in [0.29, 0.717) is 5.56 Å². The molecule has 0 radical (unpaired) electrons. The van der Waals surface area contributed by atoms with Crippen molar-refractivity contribution in [3.05, 3.63) is 47.2 Å². The first-order chi connectivity index (χ1) is 9.86. The van der Waals surface area contributed by atoms with E-state index in [2.05, 4.69) is 0 Å². The van der Waals surface area contributed by atoms with Gasteiger partial charge in [-0.05, 0) is 19.4 Å². The smallest absolute Gasteiger partial charge is 0.290 e. The molecule has 1 N–H and O–H groups in total. The van der Waals surface area contributed by atoms with Crippen LogP contribution in [-0.4, -0.2) is 33.7 Å². The van der Waals surface area contributed by atoms with Crippen LogP contribution in [0.5, 0.6) is 0 Å². The van der Waals surface area contributed by atoms with E-state index in [1.807, 2.05) is 0 Å². The van der Waals surface area contributed by atoms with Crippen LogP contribution in [-0.2, 0) is 14.4 Å². The number of nitrogens with zero attached hydrogens (tertiary/aromatic N) is 1. The number of rotatable bonds is 4. The zero-order chi connectivity index (χ0) is 15.7. The number of carbonyl (C=O) groups excluding carboxylic acids is 3. The molecule has 0 aromatic heterocycles. The summed E-state index contributed by atoms with van der Waals surface area (Å²) in [6, 6.07) is 6.28. The van der Waals surface area contributed by atoms with Gasteiger partial charge in [-0.3, -0.25) is 9.59 Å². The summed E-state index contributed by atoms with van der Waals surface area (Å²) < 4.78 is 0. The van der Waals surface area contributed by atoms with Crippen LogP contribution in [0.2, 0.25) is 0 Å². The number of hydrogen-bond acceptors (Lipinski definition) is 5. The SMILES string of the molecule is CC(=O)C1=C(O)C(=O)N([C@@H](C)C(=O)[O-])[C@H]1c1ccccc1. The second kappa shape index (κ2) is 5.40. The van der Waals surface area contributed by atoms with Crippen molar-refractivity contribution in [1.29, 1.82) is 0 Å². The van der Waals surface area contributed by atoms with E-state index in [1.54, 1.807) is 30.3 Å². The van der Waals surface area contributed by atoms with Gasteiger partial charge in [0.15, 0.2) is 11.5 Å². The molecule has 110 valence electrons. The Hall–Kier alpha value is -2.63. The molecule has 1 heterocycles. The van der Waals surface area contributed by atoms with Crippen molar-refractivity contribution in [3.8, 4) is 0 Å². The van der Waals surface area contributed by atoms with Gasteiger partial charge >= 0.3 is 0 Å². The number of ketones is 1. The highest BCUT2D eigenvalue weighted by atomic mass is 16.4. The van der Waals surface area contributed by atoms with Crippen LogP contribution in [0.25, 0.3) is 0 Å². The fraction of sp³-hybridized carbons (Fsp3) is 0.267. The minimum Gasteiger partial charge on any atom is -0.548 e. The standard InChI is InChI=1S/C15H15NO5/c1-8(15(20)21)16-12(10-6-4-3-5-7-10)11(9(2)17)13(18)14(16)19/h3-8,12,18H,1-2H3,(H,20,21)/p-1/t8-,12-/m0/s1. The third-order valence-electron chi connectivity index (χ3n) is 3.50. The minimum absolute atomic E-state index is 0.0979. The Labute approximate surface area is 121 Å². The zero-order valence-corrected chi connectivity index (χ0v) is 11.6. The molecule has 6 nitrogen and oxygen atoms in total. The number of aliphatic hydroxyl groups excluding tert-OH is 1. The van der Waals surface area contributed by atoms with E-state index in [0.717, 1.165) is 4.90 Å². The highest BCUT2D eigenvalue weighted by Gasteiger charge is 2.44. The Morgan fingerprint density at radius 1 is 1.29 bits per heavy atom. The summed E-state index contributed by atoms with van der Waals surface area (Å²) in [6.07, 6.45) is 0. The van der Waals surface area contributed by atoms with Gasteiger partial charge in [-0.15, -0.1) is 0 Å². The number of carboxylic acids is 1. The molecule has 2 rings (SSSR count). The number of carbonyl (C=O) groups is 3. The summed E-state index contributed by atoms with van der Waals surface area (Å²) in [5.74, 6) is -3.53. The van der Waals surface area contributed by atoms with Gasteiger partial charge in [0.2, 0.25) is 0 Å². The van der Waals surface area contributed by atoms with E-state index in [1.165, 1.54) is 13.8 Å². The maximum Gasteiger partial charge on any atom is 0.290 e. The van der Waals surface area contributed by atoms with E-state index < -0.39 is 35.5 Å². The van der Waals surface area contributed by atoms with Crippen molar-refractivity contribution in [2.24, 2.45) is 0 Å². The average Bonchev–Trinajstić information content (AvgIpc) is 2.71. The number of benzene rings is 1. The molecule has 0 fully saturated rings. The van der Waals surface area contributed by atoms with Crippen molar-refractivity contribution >= 4 is 17.7 Å². The van der Waals surface area contributed by atoms with Crippen molar-refractivity contribution < 1.29 is 24.6 Å². The highest BCUT2D eigenvalue weighted by molar-refractivity contribution is 6.08. The number of hydrogen-bond donors (Lipinski definition) is 1. The molecule has 0 unspecified atom stereocenters. The van der Waals surface area contributed by atoms with Crippen LogP contribution in [0.4, 0.5) is 0 Å². The summed E-state index contributed by atoms with van der Waals surface area (Å²) in [5, 5.41) is 21.0. The predicted octanol–water partition coefficient (Wildman–Crippen LogP) is 0.109. The first kappa shape index (κ1) is 14.8. The second-order valence-corrected chi connectivity index (χ2v) is 4.84. The quantitative estimate of drug-likeness (QED) is 0.848. The Morgan fingerprint density at radius 2 is 1.86 bits per heavy atom. The lowest BCUT2D eigenvalue weighted by molar-refractivity contribution is -0.311. The zero-order valence-electron chi connectivity index (χ0n) is 11.6. The van der Waals surface area contributed by atoms with Crippen LogP contribution in [0.3, 0.4) is 0 Å². The fourth-order valence-electron chi connectivity index (χ4n) is 2.46. The molecule has 1 aliphatic rings. The molecule has 1 aromatic carbocycles. The summed E-state index contributed by atoms with van der Waals surface area (Å²) in [7, 11) is 0. The van der Waals surface area contributed by atoms with E-state index >= 15 is 0 Å². The molecular weight excluding hydrogens is 274 g/mol. The van der Waals surface area contributed by atoms with Crippen LogP contribution >= 0.6 is 0 Å². The van der Waals surface area contributed by atoms with E-state index in [9.17, 15) is 24.6 Å². The topological polar surface area (TPSA) is 97.7 Å². The van der Waals surface area contributed by atoms with Gasteiger partial charge in [-0.1, -0.05) is 30.3 Å². The summed E-state index contributed by atoms with van der Waals surface area (Å²) in [4.78, 5) is 35.9. The molecule has 0 aliphatic carbocycles. The fourth-order valence-corrected chi connectivity index (χ4v) is 2.46. The van der Waals surface area contributed by atoms with Gasteiger partial charge in [0.05, 0.1) is 23.6 Å². The van der Waals surface area contributed by atoms with Gasteiger partial charge in [0.25, 0.3) is 5.91 Å². The first-order valence-electron chi connectivity index (χ1n) is 6.38. The predicted molar refractivity (Wildman–Crippen MR) is 70.8 cm³/mol. The monoisotopic (exact) mass is 288 g/mol. The Balaban J connectivity index is 2.59. The maximum atomic E-state index is 12.1. The minimum atomic E-state index is -1.46. The van der Waals surface area contributed by atoms with Gasteiger partial charge in [0, 0.05) is 0 Å². The summed E-state index contributed by atoms with van der Waals surface area (Å²) >= 11 is 0. The van der Waals surface area contributed by atoms with Crippen molar-refractivity contribution in [2.45, 2.75) is 25.9 Å². The number of amides is 1. The van der Waals surface area contributed by atoms with Gasteiger partial charge < -0.3 is 19.9 Å². The average molecular weight is 288 g/mol. The second-order valence-electron chi connectivity index (χ2n) is 4.84. The molecule has 6 heteroatoms. The molecule has 2 atom stereocenters. The number of aliphatic carboxylic acids is 1. The van der Waals surface area contributed by atoms with Crippen LogP contribution in [0.15, 0.2) is 41.7 Å². The molecule has 0 saturated heterocycles. The number of aliphatic hydroxyl groups is 1. The van der Waals surface area contributed by atoms with Crippen LogP contribution < -0.4 is 5.11 Å².